The van der Waals surface area contributed by atoms with Crippen LogP contribution in [0.15, 0.2) is 24.3 Å². The Morgan fingerprint density at radius 2 is 1.76 bits per heavy atom. The van der Waals surface area contributed by atoms with Gasteiger partial charge in [0.2, 0.25) is 0 Å². The third-order valence-corrected chi connectivity index (χ3v) is 4.26. The number of rotatable bonds is 5. The first kappa shape index (κ1) is 12.7. The van der Waals surface area contributed by atoms with Crippen LogP contribution in [0.25, 0.3) is 0 Å². The van der Waals surface area contributed by atoms with Crippen molar-refractivity contribution in [2.45, 2.75) is 58.3 Å². The van der Waals surface area contributed by atoms with Crippen LogP contribution in [0.5, 0.6) is 0 Å². The highest BCUT2D eigenvalue weighted by atomic mass is 14.3. The number of hydrogen-bond donors (Lipinski definition) is 0. The largest absolute Gasteiger partial charge is 0.0654 e. The van der Waals surface area contributed by atoms with Crippen molar-refractivity contribution in [2.75, 3.05) is 0 Å². The second-order valence-electron chi connectivity index (χ2n) is 5.60. The van der Waals surface area contributed by atoms with Gasteiger partial charge in [-0.15, -0.1) is 0 Å². The fourth-order valence-electron chi connectivity index (χ4n) is 3.16. The van der Waals surface area contributed by atoms with E-state index in [1.54, 1.807) is 0 Å². The Kier molecular flexibility index (Phi) is 5.09. The van der Waals surface area contributed by atoms with Gasteiger partial charge in [-0.1, -0.05) is 69.7 Å². The summed E-state index contributed by atoms with van der Waals surface area (Å²) in [7, 11) is 0. The minimum Gasteiger partial charge on any atom is -0.0654 e. The minimum absolute atomic E-state index is 0.983. The lowest BCUT2D eigenvalue weighted by Crippen LogP contribution is -2.15. The molecule has 0 unspecified atom stereocenters. The Bertz CT molecular complexity index is 293. The first-order valence-corrected chi connectivity index (χ1v) is 7.34. The molecule has 0 nitrogen and oxygen atoms in total. The molecule has 93 valence electrons. The summed E-state index contributed by atoms with van der Waals surface area (Å²) in [6, 6.07) is 11.8. The second-order valence-corrected chi connectivity index (χ2v) is 5.60. The Morgan fingerprint density at radius 3 is 2.35 bits per heavy atom. The van der Waals surface area contributed by atoms with Crippen molar-refractivity contribution in [3.8, 4) is 0 Å². The minimum atomic E-state index is 0.983. The maximum Gasteiger partial charge on any atom is -0.0149 e. The maximum atomic E-state index is 3.34. The van der Waals surface area contributed by atoms with Crippen LogP contribution in [-0.2, 0) is 6.42 Å². The van der Waals surface area contributed by atoms with Gasteiger partial charge >= 0.3 is 0 Å². The van der Waals surface area contributed by atoms with Crippen LogP contribution in [0.2, 0.25) is 0 Å². The van der Waals surface area contributed by atoms with E-state index >= 15 is 0 Å². The molecule has 17 heavy (non-hydrogen) atoms. The molecule has 2 rings (SSSR count). The lowest BCUT2D eigenvalue weighted by Gasteiger charge is -2.28. The van der Waals surface area contributed by atoms with Gasteiger partial charge in [0.05, 0.1) is 0 Å². The van der Waals surface area contributed by atoms with Gasteiger partial charge in [0.25, 0.3) is 0 Å². The molecule has 0 heterocycles. The zero-order valence-electron chi connectivity index (χ0n) is 11.1. The fraction of sp³-hybridized carbons (Fsp3) is 0.647. The SMILES string of the molecule is CCC[C@H]1CC[C@H](CCc2[c]cccc2)CC1. The predicted molar refractivity (Wildman–Crippen MR) is 74.0 cm³/mol. The van der Waals surface area contributed by atoms with E-state index in [1.807, 2.05) is 6.07 Å². The number of hydrogen-bond acceptors (Lipinski definition) is 0. The van der Waals surface area contributed by atoms with Crippen LogP contribution in [0.1, 0.15) is 57.4 Å². The average Bonchev–Trinajstić information content (AvgIpc) is 2.40. The summed E-state index contributed by atoms with van der Waals surface area (Å²) in [6.45, 7) is 2.32. The summed E-state index contributed by atoms with van der Waals surface area (Å²) in [5, 5.41) is 0. The zero-order valence-corrected chi connectivity index (χ0v) is 11.1. The first-order chi connectivity index (χ1) is 8.38. The summed E-state index contributed by atoms with van der Waals surface area (Å²) < 4.78 is 0. The second kappa shape index (κ2) is 6.83. The molecule has 1 saturated carbocycles. The zero-order chi connectivity index (χ0) is 11.9. The van der Waals surface area contributed by atoms with Crippen LogP contribution in [-0.4, -0.2) is 0 Å². The Balaban J connectivity index is 1.68. The van der Waals surface area contributed by atoms with Gasteiger partial charge in [-0.3, -0.25) is 0 Å². The van der Waals surface area contributed by atoms with Crippen LogP contribution in [0, 0.1) is 17.9 Å². The maximum absolute atomic E-state index is 3.34. The quantitative estimate of drug-likeness (QED) is 0.664. The molecule has 1 radical (unpaired) electrons. The molecule has 1 fully saturated rings. The van der Waals surface area contributed by atoms with Crippen LogP contribution in [0.4, 0.5) is 0 Å². The van der Waals surface area contributed by atoms with E-state index in [-0.39, 0.29) is 0 Å². The molecule has 1 aliphatic rings. The van der Waals surface area contributed by atoms with Crippen molar-refractivity contribution in [3.05, 3.63) is 35.9 Å². The molecular formula is C17H25. The summed E-state index contributed by atoms with van der Waals surface area (Å²) in [5.41, 5.74) is 1.39. The topological polar surface area (TPSA) is 0 Å². The molecule has 0 aromatic heterocycles. The predicted octanol–water partition coefficient (Wildman–Crippen LogP) is 5.03. The molecular weight excluding hydrogens is 204 g/mol. The van der Waals surface area contributed by atoms with Gasteiger partial charge in [0.1, 0.15) is 0 Å². The van der Waals surface area contributed by atoms with Gasteiger partial charge in [0, 0.05) is 0 Å². The van der Waals surface area contributed by atoms with E-state index < -0.39 is 0 Å². The van der Waals surface area contributed by atoms with E-state index in [0.29, 0.717) is 0 Å². The Hall–Kier alpha value is -0.780. The molecule has 1 aromatic rings. The number of benzene rings is 1. The molecule has 0 spiro atoms. The van der Waals surface area contributed by atoms with Gasteiger partial charge in [-0.2, -0.15) is 0 Å². The highest BCUT2D eigenvalue weighted by Crippen LogP contribution is 2.33. The first-order valence-electron chi connectivity index (χ1n) is 7.34. The smallest absolute Gasteiger partial charge is 0.0149 e. The summed E-state index contributed by atoms with van der Waals surface area (Å²) in [6.07, 6.45) is 11.3. The van der Waals surface area contributed by atoms with Gasteiger partial charge in [-0.05, 0) is 36.3 Å². The Morgan fingerprint density at radius 1 is 1.06 bits per heavy atom. The third kappa shape index (κ3) is 4.18. The third-order valence-electron chi connectivity index (χ3n) is 4.26. The lowest BCUT2D eigenvalue weighted by molar-refractivity contribution is 0.252. The summed E-state index contributed by atoms with van der Waals surface area (Å²) in [4.78, 5) is 0. The molecule has 0 aliphatic heterocycles. The highest BCUT2D eigenvalue weighted by Gasteiger charge is 2.20. The fourth-order valence-corrected chi connectivity index (χ4v) is 3.16. The standard InChI is InChI=1S/C17H25/c1-2-6-15-9-12-17(13-10-15)14-11-16-7-4-3-5-8-16/h3-5,7,15,17H,2,6,9-14H2,1H3/t15-,17-. The molecule has 0 amide bonds. The van der Waals surface area contributed by atoms with Crippen LogP contribution < -0.4 is 0 Å². The molecule has 1 aromatic carbocycles. The highest BCUT2D eigenvalue weighted by molar-refractivity contribution is 5.13. The van der Waals surface area contributed by atoms with E-state index in [2.05, 4.69) is 31.2 Å². The van der Waals surface area contributed by atoms with Gasteiger partial charge in [0.15, 0.2) is 0 Å². The van der Waals surface area contributed by atoms with E-state index in [1.165, 1.54) is 56.9 Å². The van der Waals surface area contributed by atoms with E-state index in [4.69, 9.17) is 0 Å². The Labute approximate surface area is 106 Å². The van der Waals surface area contributed by atoms with Crippen molar-refractivity contribution in [1.29, 1.82) is 0 Å². The molecule has 0 bridgehead atoms. The normalized spacial score (nSPS) is 24.8. The van der Waals surface area contributed by atoms with Crippen LogP contribution >= 0.6 is 0 Å². The molecule has 0 N–H and O–H groups in total. The van der Waals surface area contributed by atoms with E-state index in [0.717, 1.165) is 11.8 Å². The average molecular weight is 229 g/mol. The van der Waals surface area contributed by atoms with Crippen molar-refractivity contribution in [2.24, 2.45) is 11.8 Å². The van der Waals surface area contributed by atoms with Crippen LogP contribution in [0.3, 0.4) is 0 Å². The number of aryl methyl sites for hydroxylation is 1. The van der Waals surface area contributed by atoms with Gasteiger partial charge in [-0.25, -0.2) is 0 Å². The van der Waals surface area contributed by atoms with Crippen molar-refractivity contribution in [3.63, 3.8) is 0 Å². The van der Waals surface area contributed by atoms with Crippen molar-refractivity contribution >= 4 is 0 Å². The van der Waals surface area contributed by atoms with Gasteiger partial charge < -0.3 is 0 Å². The molecule has 0 heteroatoms. The van der Waals surface area contributed by atoms with Crippen molar-refractivity contribution in [1.82, 2.24) is 0 Å². The summed E-state index contributed by atoms with van der Waals surface area (Å²) >= 11 is 0. The van der Waals surface area contributed by atoms with Crippen molar-refractivity contribution < 1.29 is 0 Å². The molecule has 0 atom stereocenters. The lowest BCUT2D eigenvalue weighted by atomic mass is 9.78. The summed E-state index contributed by atoms with van der Waals surface area (Å²) in [5.74, 6) is 2.02. The molecule has 0 saturated heterocycles. The molecule has 1 aliphatic carbocycles. The monoisotopic (exact) mass is 229 g/mol. The van der Waals surface area contributed by atoms with E-state index in [9.17, 15) is 0 Å².